The summed E-state index contributed by atoms with van der Waals surface area (Å²) in [5.41, 5.74) is 0.782. The maximum atomic E-state index is 13.0. The SMILES string of the molecule is CN1CCO[C@H](CN(C(=O)Cc2ccc(F)cc2)c2nccs2)C1. The van der Waals surface area contributed by atoms with Crippen LogP contribution in [0, 0.1) is 5.82 Å². The molecule has 2 heterocycles. The van der Waals surface area contributed by atoms with Crippen LogP contribution in [0.4, 0.5) is 9.52 Å². The largest absolute Gasteiger partial charge is 0.374 e. The predicted octanol–water partition coefficient (Wildman–Crippen LogP) is 2.19. The molecule has 0 unspecified atom stereocenters. The van der Waals surface area contributed by atoms with Gasteiger partial charge in [0, 0.05) is 24.7 Å². The Balaban J connectivity index is 1.72. The molecule has 24 heavy (non-hydrogen) atoms. The van der Waals surface area contributed by atoms with Crippen molar-refractivity contribution in [3.8, 4) is 0 Å². The third kappa shape index (κ3) is 4.37. The number of nitrogens with zero attached hydrogens (tertiary/aromatic N) is 3. The fourth-order valence-electron chi connectivity index (χ4n) is 2.69. The molecule has 0 bridgehead atoms. The number of hydrogen-bond acceptors (Lipinski definition) is 5. The fourth-order valence-corrected chi connectivity index (χ4v) is 3.36. The average Bonchev–Trinajstić information content (AvgIpc) is 3.09. The molecule has 0 saturated carbocycles. The number of anilines is 1. The van der Waals surface area contributed by atoms with Gasteiger partial charge < -0.3 is 9.64 Å². The third-order valence-corrected chi connectivity index (χ3v) is 4.74. The molecule has 1 fully saturated rings. The topological polar surface area (TPSA) is 45.7 Å². The molecule has 5 nitrogen and oxygen atoms in total. The summed E-state index contributed by atoms with van der Waals surface area (Å²) in [5, 5.41) is 2.51. The maximum Gasteiger partial charge on any atom is 0.233 e. The number of aromatic nitrogens is 1. The molecule has 0 spiro atoms. The van der Waals surface area contributed by atoms with Crippen LogP contribution < -0.4 is 4.90 Å². The van der Waals surface area contributed by atoms with Crippen molar-refractivity contribution >= 4 is 22.4 Å². The van der Waals surface area contributed by atoms with Crippen LogP contribution in [0.5, 0.6) is 0 Å². The highest BCUT2D eigenvalue weighted by molar-refractivity contribution is 7.13. The van der Waals surface area contributed by atoms with Crippen molar-refractivity contribution < 1.29 is 13.9 Å². The number of likely N-dealkylation sites (N-methyl/N-ethyl adjacent to an activating group) is 1. The van der Waals surface area contributed by atoms with E-state index in [9.17, 15) is 9.18 Å². The quantitative estimate of drug-likeness (QED) is 0.830. The van der Waals surface area contributed by atoms with E-state index < -0.39 is 0 Å². The highest BCUT2D eigenvalue weighted by atomic mass is 32.1. The Kier molecular flexibility index (Phi) is 5.55. The van der Waals surface area contributed by atoms with Crippen molar-refractivity contribution in [2.75, 3.05) is 38.2 Å². The van der Waals surface area contributed by atoms with E-state index in [4.69, 9.17) is 4.74 Å². The maximum absolute atomic E-state index is 13.0. The van der Waals surface area contributed by atoms with Crippen molar-refractivity contribution in [2.24, 2.45) is 0 Å². The molecular formula is C17H20FN3O2S. The molecule has 0 radical (unpaired) electrons. The second-order valence-corrected chi connectivity index (χ2v) is 6.75. The summed E-state index contributed by atoms with van der Waals surface area (Å²) in [4.78, 5) is 20.9. The van der Waals surface area contributed by atoms with Gasteiger partial charge in [-0.25, -0.2) is 9.37 Å². The van der Waals surface area contributed by atoms with Crippen LogP contribution in [0.3, 0.4) is 0 Å². The number of ether oxygens (including phenoxy) is 1. The van der Waals surface area contributed by atoms with Gasteiger partial charge in [-0.2, -0.15) is 0 Å². The molecule has 3 rings (SSSR count). The van der Waals surface area contributed by atoms with Crippen LogP contribution in [-0.4, -0.2) is 55.2 Å². The second kappa shape index (κ2) is 7.83. The van der Waals surface area contributed by atoms with Crippen LogP contribution >= 0.6 is 11.3 Å². The molecule has 1 saturated heterocycles. The van der Waals surface area contributed by atoms with Gasteiger partial charge >= 0.3 is 0 Å². The lowest BCUT2D eigenvalue weighted by atomic mass is 10.1. The first-order valence-electron chi connectivity index (χ1n) is 7.86. The first-order valence-corrected chi connectivity index (χ1v) is 8.74. The van der Waals surface area contributed by atoms with E-state index in [0.29, 0.717) is 18.3 Å². The molecule has 7 heteroatoms. The molecule has 128 valence electrons. The van der Waals surface area contributed by atoms with Gasteiger partial charge in [-0.05, 0) is 24.7 Å². The van der Waals surface area contributed by atoms with Crippen LogP contribution in [0.25, 0.3) is 0 Å². The van der Waals surface area contributed by atoms with Gasteiger partial charge in [0.1, 0.15) is 5.82 Å². The summed E-state index contributed by atoms with van der Waals surface area (Å²) in [7, 11) is 2.05. The van der Waals surface area contributed by atoms with E-state index in [1.165, 1.54) is 23.5 Å². The minimum Gasteiger partial charge on any atom is -0.374 e. The Labute approximate surface area is 144 Å². The van der Waals surface area contributed by atoms with E-state index in [1.807, 2.05) is 12.4 Å². The first-order chi connectivity index (χ1) is 11.6. The van der Waals surface area contributed by atoms with Crippen molar-refractivity contribution in [3.63, 3.8) is 0 Å². The van der Waals surface area contributed by atoms with Gasteiger partial charge in [-0.1, -0.05) is 12.1 Å². The van der Waals surface area contributed by atoms with Gasteiger partial charge in [0.2, 0.25) is 5.91 Å². The van der Waals surface area contributed by atoms with E-state index in [0.717, 1.165) is 18.7 Å². The molecule has 1 amide bonds. The molecule has 1 aliphatic heterocycles. The standard InChI is InChI=1S/C17H20FN3O2S/c1-20-7-8-23-15(11-20)12-21(17-19-6-9-24-17)16(22)10-13-2-4-14(18)5-3-13/h2-6,9,15H,7-8,10-12H2,1H3/t15-/m0/s1. The van der Waals surface area contributed by atoms with Crippen LogP contribution in [0.2, 0.25) is 0 Å². The van der Waals surface area contributed by atoms with Gasteiger partial charge in [-0.15, -0.1) is 11.3 Å². The minimum absolute atomic E-state index is 0.0372. The van der Waals surface area contributed by atoms with Crippen molar-refractivity contribution in [3.05, 3.63) is 47.2 Å². The number of morpholine rings is 1. The molecule has 1 aromatic heterocycles. The fraction of sp³-hybridized carbons (Fsp3) is 0.412. The Morgan fingerprint density at radius 3 is 2.92 bits per heavy atom. The van der Waals surface area contributed by atoms with Gasteiger partial charge in [0.15, 0.2) is 5.13 Å². The van der Waals surface area contributed by atoms with Crippen molar-refractivity contribution in [2.45, 2.75) is 12.5 Å². The normalized spacial score (nSPS) is 18.5. The van der Waals surface area contributed by atoms with E-state index >= 15 is 0 Å². The monoisotopic (exact) mass is 349 g/mol. The lowest BCUT2D eigenvalue weighted by molar-refractivity contribution is -0.118. The number of hydrogen-bond donors (Lipinski definition) is 0. The number of carbonyl (C=O) groups excluding carboxylic acids is 1. The summed E-state index contributed by atoms with van der Waals surface area (Å²) in [6.07, 6.45) is 1.86. The Morgan fingerprint density at radius 1 is 1.46 bits per heavy atom. The number of halogens is 1. The zero-order valence-electron chi connectivity index (χ0n) is 13.5. The summed E-state index contributed by atoms with van der Waals surface area (Å²) < 4.78 is 18.8. The predicted molar refractivity (Wildman–Crippen MR) is 91.8 cm³/mol. The molecule has 0 aliphatic carbocycles. The number of thiazole rings is 1. The number of carbonyl (C=O) groups is 1. The van der Waals surface area contributed by atoms with Gasteiger partial charge in [-0.3, -0.25) is 9.69 Å². The highest BCUT2D eigenvalue weighted by Crippen LogP contribution is 2.20. The summed E-state index contributed by atoms with van der Waals surface area (Å²) in [6, 6.07) is 6.02. The van der Waals surface area contributed by atoms with Crippen LogP contribution in [-0.2, 0) is 16.0 Å². The molecule has 2 aromatic rings. The molecular weight excluding hydrogens is 329 g/mol. The molecule has 1 aromatic carbocycles. The van der Waals surface area contributed by atoms with Crippen LogP contribution in [0.1, 0.15) is 5.56 Å². The highest BCUT2D eigenvalue weighted by Gasteiger charge is 2.26. The second-order valence-electron chi connectivity index (χ2n) is 5.88. The lowest BCUT2D eigenvalue weighted by Gasteiger charge is -2.33. The molecule has 1 atom stereocenters. The molecule has 1 aliphatic rings. The van der Waals surface area contributed by atoms with Gasteiger partial charge in [0.25, 0.3) is 0 Å². The average molecular weight is 349 g/mol. The summed E-state index contributed by atoms with van der Waals surface area (Å²) >= 11 is 1.43. The van der Waals surface area contributed by atoms with Crippen molar-refractivity contribution in [1.29, 1.82) is 0 Å². The zero-order chi connectivity index (χ0) is 16.9. The van der Waals surface area contributed by atoms with Crippen LogP contribution in [0.15, 0.2) is 35.8 Å². The van der Waals surface area contributed by atoms with E-state index in [1.54, 1.807) is 23.2 Å². The summed E-state index contributed by atoms with van der Waals surface area (Å²) in [5.74, 6) is -0.366. The Bertz CT molecular complexity index is 663. The number of amides is 1. The number of rotatable bonds is 5. The first kappa shape index (κ1) is 17.0. The Hall–Kier alpha value is -1.83. The van der Waals surface area contributed by atoms with E-state index in [2.05, 4.69) is 9.88 Å². The van der Waals surface area contributed by atoms with Crippen molar-refractivity contribution in [1.82, 2.24) is 9.88 Å². The zero-order valence-corrected chi connectivity index (χ0v) is 14.3. The smallest absolute Gasteiger partial charge is 0.233 e. The number of benzene rings is 1. The summed E-state index contributed by atoms with van der Waals surface area (Å²) in [6.45, 7) is 2.82. The molecule has 0 N–H and O–H groups in total. The Morgan fingerprint density at radius 2 is 2.25 bits per heavy atom. The third-order valence-electron chi connectivity index (χ3n) is 3.95. The lowest BCUT2D eigenvalue weighted by Crippen LogP contribution is -2.48. The van der Waals surface area contributed by atoms with E-state index in [-0.39, 0.29) is 24.2 Å². The minimum atomic E-state index is -0.304. The van der Waals surface area contributed by atoms with Gasteiger partial charge in [0.05, 0.1) is 25.7 Å².